The third kappa shape index (κ3) is 3.21. The van der Waals surface area contributed by atoms with Crippen LogP contribution in [0.2, 0.25) is 0 Å². The molecule has 0 amide bonds. The zero-order valence-electron chi connectivity index (χ0n) is 8.86. The summed E-state index contributed by atoms with van der Waals surface area (Å²) in [6.45, 7) is 1.25. The van der Waals surface area contributed by atoms with E-state index < -0.39 is 0 Å². The second kappa shape index (κ2) is 5.97. The predicted octanol–water partition coefficient (Wildman–Crippen LogP) is -0.147. The number of aromatic nitrogens is 2. The third-order valence-electron chi connectivity index (χ3n) is 1.76. The van der Waals surface area contributed by atoms with Crippen molar-refractivity contribution in [3.8, 4) is 0 Å². The van der Waals surface area contributed by atoms with Crippen molar-refractivity contribution in [3.63, 3.8) is 0 Å². The molecule has 1 aromatic heterocycles. The normalized spacial score (nSPS) is 11.7. The summed E-state index contributed by atoms with van der Waals surface area (Å²) in [5.74, 6) is 0.805. The summed E-state index contributed by atoms with van der Waals surface area (Å²) in [5, 5.41) is 10.1. The van der Waals surface area contributed by atoms with Gasteiger partial charge in [0.05, 0.1) is 0 Å². The number of methoxy groups -OCH3 is 1. The first-order valence-electron chi connectivity index (χ1n) is 4.59. The number of nitrogens with zero attached hydrogens (tertiary/aromatic N) is 3. The topological polar surface area (TPSA) is 98.6 Å². The SMILES string of the molecule is CNc1nonc1C(N)=NCCCOC. The fourth-order valence-corrected chi connectivity index (χ4v) is 1.00. The monoisotopic (exact) mass is 213 g/mol. The molecule has 0 aromatic carbocycles. The smallest absolute Gasteiger partial charge is 0.201 e. The van der Waals surface area contributed by atoms with Crippen LogP contribution >= 0.6 is 0 Å². The molecule has 1 aromatic rings. The van der Waals surface area contributed by atoms with Gasteiger partial charge >= 0.3 is 0 Å². The second-order valence-electron chi connectivity index (χ2n) is 2.82. The molecule has 0 aliphatic carbocycles. The maximum Gasteiger partial charge on any atom is 0.201 e. The number of nitrogens with one attached hydrogen (secondary N) is 1. The maximum atomic E-state index is 5.70. The Hall–Kier alpha value is -1.63. The zero-order valence-corrected chi connectivity index (χ0v) is 8.86. The van der Waals surface area contributed by atoms with Crippen LogP contribution in [0.15, 0.2) is 9.62 Å². The number of anilines is 1. The fraction of sp³-hybridized carbons (Fsp3) is 0.625. The van der Waals surface area contributed by atoms with Gasteiger partial charge in [0.1, 0.15) is 0 Å². The molecule has 0 saturated carbocycles. The van der Waals surface area contributed by atoms with Gasteiger partial charge in [0.25, 0.3) is 0 Å². The number of nitrogens with two attached hydrogens (primary N) is 1. The largest absolute Gasteiger partial charge is 0.385 e. The molecule has 0 aliphatic heterocycles. The van der Waals surface area contributed by atoms with Crippen molar-refractivity contribution in [1.29, 1.82) is 0 Å². The Bertz CT molecular complexity index is 323. The molecule has 7 heteroatoms. The van der Waals surface area contributed by atoms with Crippen molar-refractivity contribution >= 4 is 11.7 Å². The zero-order chi connectivity index (χ0) is 11.1. The van der Waals surface area contributed by atoms with E-state index in [9.17, 15) is 0 Å². The number of aliphatic imine (C=N–C) groups is 1. The first kappa shape index (κ1) is 11.4. The summed E-state index contributed by atoms with van der Waals surface area (Å²) in [6.07, 6.45) is 0.817. The highest BCUT2D eigenvalue weighted by atomic mass is 16.6. The molecule has 84 valence electrons. The fourth-order valence-electron chi connectivity index (χ4n) is 1.00. The van der Waals surface area contributed by atoms with Crippen LogP contribution < -0.4 is 11.1 Å². The van der Waals surface area contributed by atoms with E-state index in [4.69, 9.17) is 10.5 Å². The Morgan fingerprint density at radius 2 is 2.40 bits per heavy atom. The highest BCUT2D eigenvalue weighted by Crippen LogP contribution is 2.07. The third-order valence-corrected chi connectivity index (χ3v) is 1.76. The second-order valence-corrected chi connectivity index (χ2v) is 2.82. The molecule has 0 radical (unpaired) electrons. The van der Waals surface area contributed by atoms with Gasteiger partial charge in [-0.25, -0.2) is 4.63 Å². The Balaban J connectivity index is 2.55. The summed E-state index contributed by atoms with van der Waals surface area (Å²) in [5.41, 5.74) is 6.14. The van der Waals surface area contributed by atoms with E-state index in [-0.39, 0.29) is 0 Å². The van der Waals surface area contributed by atoms with Crippen LogP contribution in [0.4, 0.5) is 5.82 Å². The molecule has 0 saturated heterocycles. The molecular formula is C8H15N5O2. The molecule has 0 unspecified atom stereocenters. The van der Waals surface area contributed by atoms with E-state index in [0.29, 0.717) is 30.5 Å². The van der Waals surface area contributed by atoms with E-state index in [0.717, 1.165) is 6.42 Å². The van der Waals surface area contributed by atoms with E-state index in [1.54, 1.807) is 14.2 Å². The quantitative estimate of drug-likeness (QED) is 0.387. The number of hydrogen-bond acceptors (Lipinski definition) is 6. The lowest BCUT2D eigenvalue weighted by Gasteiger charge is -1.98. The Morgan fingerprint density at radius 1 is 1.60 bits per heavy atom. The highest BCUT2D eigenvalue weighted by Gasteiger charge is 2.11. The summed E-state index contributed by atoms with van der Waals surface area (Å²) in [6, 6.07) is 0. The average molecular weight is 213 g/mol. The van der Waals surface area contributed by atoms with Crippen molar-refractivity contribution in [3.05, 3.63) is 5.69 Å². The van der Waals surface area contributed by atoms with E-state index >= 15 is 0 Å². The van der Waals surface area contributed by atoms with Gasteiger partial charge in [0.15, 0.2) is 11.5 Å². The van der Waals surface area contributed by atoms with Crippen molar-refractivity contribution in [2.24, 2.45) is 10.7 Å². The minimum Gasteiger partial charge on any atom is -0.385 e. The van der Waals surface area contributed by atoms with Gasteiger partial charge < -0.3 is 15.8 Å². The van der Waals surface area contributed by atoms with Gasteiger partial charge in [-0.05, 0) is 16.7 Å². The van der Waals surface area contributed by atoms with E-state index in [1.165, 1.54) is 0 Å². The molecule has 15 heavy (non-hydrogen) atoms. The van der Waals surface area contributed by atoms with Gasteiger partial charge in [0, 0.05) is 27.3 Å². The maximum absolute atomic E-state index is 5.70. The van der Waals surface area contributed by atoms with Gasteiger partial charge in [-0.1, -0.05) is 0 Å². The summed E-state index contributed by atoms with van der Waals surface area (Å²) in [7, 11) is 3.36. The molecule has 1 heterocycles. The van der Waals surface area contributed by atoms with E-state index in [1.807, 2.05) is 0 Å². The average Bonchev–Trinajstić information content (AvgIpc) is 2.72. The Morgan fingerprint density at radius 3 is 3.07 bits per heavy atom. The van der Waals surface area contributed by atoms with Crippen molar-refractivity contribution in [2.75, 3.05) is 32.6 Å². The lowest BCUT2D eigenvalue weighted by Crippen LogP contribution is -2.16. The highest BCUT2D eigenvalue weighted by molar-refractivity contribution is 5.99. The first-order valence-corrected chi connectivity index (χ1v) is 4.59. The van der Waals surface area contributed by atoms with Gasteiger partial charge in [-0.15, -0.1) is 0 Å². The Kier molecular flexibility index (Phi) is 4.55. The van der Waals surface area contributed by atoms with Crippen LogP contribution in [0.3, 0.4) is 0 Å². The van der Waals surface area contributed by atoms with Crippen LogP contribution in [0, 0.1) is 0 Å². The van der Waals surface area contributed by atoms with Crippen LogP contribution in [-0.2, 0) is 4.74 Å². The van der Waals surface area contributed by atoms with Gasteiger partial charge in [0.2, 0.25) is 5.82 Å². The van der Waals surface area contributed by atoms with Gasteiger partial charge in [-0.3, -0.25) is 4.99 Å². The summed E-state index contributed by atoms with van der Waals surface area (Å²) < 4.78 is 9.43. The van der Waals surface area contributed by atoms with Crippen molar-refractivity contribution in [2.45, 2.75) is 6.42 Å². The van der Waals surface area contributed by atoms with Crippen LogP contribution in [0.5, 0.6) is 0 Å². The lowest BCUT2D eigenvalue weighted by molar-refractivity contribution is 0.197. The van der Waals surface area contributed by atoms with Crippen LogP contribution in [0.25, 0.3) is 0 Å². The summed E-state index contributed by atoms with van der Waals surface area (Å²) >= 11 is 0. The Labute approximate surface area is 87.7 Å². The molecule has 0 bridgehead atoms. The molecule has 0 aliphatic rings. The van der Waals surface area contributed by atoms with Crippen molar-refractivity contribution in [1.82, 2.24) is 10.3 Å². The van der Waals surface area contributed by atoms with Crippen LogP contribution in [0.1, 0.15) is 12.1 Å². The molecule has 0 atom stereocenters. The predicted molar refractivity (Wildman–Crippen MR) is 55.9 cm³/mol. The molecule has 1 rings (SSSR count). The minimum absolute atomic E-state index is 0.316. The van der Waals surface area contributed by atoms with Gasteiger partial charge in [-0.2, -0.15) is 0 Å². The molecule has 7 nitrogen and oxygen atoms in total. The van der Waals surface area contributed by atoms with E-state index in [2.05, 4.69) is 25.3 Å². The standard InChI is InChI=1S/C8H15N5O2/c1-10-8-6(12-15-13-8)7(9)11-4-3-5-14-2/h3-5H2,1-2H3,(H2,9,11)(H,10,13). The molecular weight excluding hydrogens is 198 g/mol. The first-order chi connectivity index (χ1) is 7.29. The van der Waals surface area contributed by atoms with Crippen LogP contribution in [-0.4, -0.2) is 43.5 Å². The number of hydrogen-bond donors (Lipinski definition) is 2. The number of rotatable bonds is 6. The lowest BCUT2D eigenvalue weighted by atomic mass is 10.4. The van der Waals surface area contributed by atoms with Crippen molar-refractivity contribution < 1.29 is 9.37 Å². The summed E-state index contributed by atoms with van der Waals surface area (Å²) in [4.78, 5) is 4.12. The molecule has 0 fully saturated rings. The molecule has 0 spiro atoms. The number of amidine groups is 1. The number of ether oxygens (including phenoxy) is 1. The molecule has 3 N–H and O–H groups in total. The minimum atomic E-state index is 0.316.